The Balaban J connectivity index is 1.55. The first kappa shape index (κ1) is 28.5. The van der Waals surface area contributed by atoms with Gasteiger partial charge in [-0.2, -0.15) is 10.4 Å². The minimum atomic E-state index is -0.667. The molecule has 42 heavy (non-hydrogen) atoms. The van der Waals surface area contributed by atoms with Gasteiger partial charge in [-0.15, -0.1) is 0 Å². The lowest BCUT2D eigenvalue weighted by molar-refractivity contribution is 0.0497. The molecule has 0 radical (unpaired) electrons. The van der Waals surface area contributed by atoms with E-state index in [1.54, 1.807) is 23.0 Å². The summed E-state index contributed by atoms with van der Waals surface area (Å²) >= 11 is 0. The number of halogens is 1. The molecule has 5 rings (SSSR count). The summed E-state index contributed by atoms with van der Waals surface area (Å²) in [6, 6.07) is 13.5. The van der Waals surface area contributed by atoms with E-state index in [0.29, 0.717) is 48.6 Å². The summed E-state index contributed by atoms with van der Waals surface area (Å²) in [5, 5.41) is 17.4. The fourth-order valence-electron chi connectivity index (χ4n) is 5.16. The Morgan fingerprint density at radius 3 is 2.48 bits per heavy atom. The molecule has 1 aliphatic heterocycles. The summed E-state index contributed by atoms with van der Waals surface area (Å²) in [5.41, 5.74) is 8.57. The largest absolute Gasteiger partial charge is 0.444 e. The molecule has 2 aromatic carbocycles. The molecule has 0 bridgehead atoms. The van der Waals surface area contributed by atoms with Crippen molar-refractivity contribution in [1.29, 1.82) is 5.26 Å². The highest BCUT2D eigenvalue weighted by molar-refractivity contribution is 6.01. The first-order valence-electron chi connectivity index (χ1n) is 13.6. The number of nitriles is 1. The van der Waals surface area contributed by atoms with Gasteiger partial charge in [-0.05, 0) is 69.5 Å². The van der Waals surface area contributed by atoms with Crippen LogP contribution in [0.25, 0.3) is 33.3 Å². The molecule has 4 aromatic rings. The van der Waals surface area contributed by atoms with Crippen LogP contribution in [0.3, 0.4) is 0 Å². The second-order valence-electron chi connectivity index (χ2n) is 11.4. The number of carbonyl (C=O) groups excluding carboxylic acids is 2. The predicted octanol–water partition coefficient (Wildman–Crippen LogP) is 4.91. The van der Waals surface area contributed by atoms with Gasteiger partial charge in [-0.25, -0.2) is 14.2 Å². The summed E-state index contributed by atoms with van der Waals surface area (Å²) in [4.78, 5) is 31.9. The van der Waals surface area contributed by atoms with Crippen molar-refractivity contribution < 1.29 is 18.7 Å². The van der Waals surface area contributed by atoms with Gasteiger partial charge in [0.05, 0.1) is 28.5 Å². The van der Waals surface area contributed by atoms with Gasteiger partial charge >= 0.3 is 6.09 Å². The molecule has 0 atom stereocenters. The molecule has 3 heterocycles. The summed E-state index contributed by atoms with van der Waals surface area (Å²) in [5.74, 6) is -0.933. The van der Waals surface area contributed by atoms with Gasteiger partial charge in [0.15, 0.2) is 0 Å². The Bertz CT molecular complexity index is 1730. The Labute approximate surface area is 242 Å². The third-order valence-corrected chi connectivity index (χ3v) is 7.20. The average molecular weight is 570 g/mol. The van der Waals surface area contributed by atoms with Crippen LogP contribution in [0.4, 0.5) is 15.0 Å². The van der Waals surface area contributed by atoms with Crippen molar-refractivity contribution in [1.82, 2.24) is 20.1 Å². The van der Waals surface area contributed by atoms with E-state index in [4.69, 9.17) is 15.5 Å². The number of anilines is 1. The number of nitrogens with zero attached hydrogens (tertiary/aromatic N) is 5. The van der Waals surface area contributed by atoms with E-state index in [1.165, 1.54) is 12.1 Å². The molecule has 11 heteroatoms. The van der Waals surface area contributed by atoms with E-state index in [2.05, 4.69) is 10.4 Å². The number of hydrogen-bond acceptors (Lipinski definition) is 7. The van der Waals surface area contributed by atoms with Crippen LogP contribution in [-0.4, -0.2) is 51.5 Å². The highest BCUT2D eigenvalue weighted by Crippen LogP contribution is 2.37. The lowest BCUT2D eigenvalue weighted by Gasteiger charge is -2.34. The van der Waals surface area contributed by atoms with Crippen LogP contribution in [0.5, 0.6) is 0 Å². The fourth-order valence-corrected chi connectivity index (χ4v) is 5.16. The Morgan fingerprint density at radius 1 is 1.12 bits per heavy atom. The van der Waals surface area contributed by atoms with Gasteiger partial charge in [-0.3, -0.25) is 9.48 Å². The molecule has 3 N–H and O–H groups in total. The van der Waals surface area contributed by atoms with Gasteiger partial charge < -0.3 is 20.7 Å². The molecule has 0 saturated carbocycles. The molecular formula is C31H32FN7O3. The number of aryl methyl sites for hydroxylation is 1. The quantitative estimate of drug-likeness (QED) is 0.348. The number of piperidine rings is 1. The average Bonchev–Trinajstić information content (AvgIpc) is 3.31. The molecule has 1 fully saturated rings. The number of amides is 2. The highest BCUT2D eigenvalue weighted by atomic mass is 19.1. The lowest BCUT2D eigenvalue weighted by atomic mass is 9.95. The number of rotatable bonds is 5. The molecular weight excluding hydrogens is 537 g/mol. The van der Waals surface area contributed by atoms with Gasteiger partial charge in [-0.1, -0.05) is 12.1 Å². The summed E-state index contributed by atoms with van der Waals surface area (Å²) in [6.45, 7) is 6.41. The topological polar surface area (TPSA) is 139 Å². The molecule has 1 saturated heterocycles. The first-order valence-corrected chi connectivity index (χ1v) is 13.6. The maximum Gasteiger partial charge on any atom is 0.407 e. The number of alkyl carbamates (subject to hydrolysis) is 1. The Hall–Kier alpha value is -4.98. The van der Waals surface area contributed by atoms with E-state index >= 15 is 0 Å². The van der Waals surface area contributed by atoms with Crippen LogP contribution in [0, 0.1) is 17.1 Å². The normalized spacial score (nSPS) is 14.0. The smallest absolute Gasteiger partial charge is 0.407 e. The molecule has 0 aliphatic carbocycles. The van der Waals surface area contributed by atoms with Crippen LogP contribution in [0.15, 0.2) is 48.7 Å². The highest BCUT2D eigenvalue weighted by Gasteiger charge is 2.28. The van der Waals surface area contributed by atoms with Crippen LogP contribution in [-0.2, 0) is 11.8 Å². The monoisotopic (exact) mass is 569 g/mol. The zero-order valence-corrected chi connectivity index (χ0v) is 23.9. The minimum Gasteiger partial charge on any atom is -0.444 e. The fraction of sp³-hybridized carbons (Fsp3) is 0.323. The van der Waals surface area contributed by atoms with Crippen molar-refractivity contribution in [3.8, 4) is 28.5 Å². The standard InChI is InChI=1S/C31H32FN7O3/c1-31(2,3)42-30(41)36-22-9-11-39(12-10-22)29-24(28(34)40)15-23(18-7-8-26-21(13-18)17-35-38(26)4)27(37-29)19-5-6-20(16-33)25(32)14-19/h5-8,13-15,17,22H,9-12H2,1-4H3,(H2,34,40)(H,36,41). The summed E-state index contributed by atoms with van der Waals surface area (Å²) in [7, 11) is 1.85. The van der Waals surface area contributed by atoms with Gasteiger partial charge in [0.1, 0.15) is 23.3 Å². The maximum atomic E-state index is 14.8. The van der Waals surface area contributed by atoms with Crippen LogP contribution in [0.2, 0.25) is 0 Å². The van der Waals surface area contributed by atoms with Crippen LogP contribution < -0.4 is 16.0 Å². The third kappa shape index (κ3) is 5.88. The second kappa shape index (κ2) is 11.1. The van der Waals surface area contributed by atoms with Crippen LogP contribution in [0.1, 0.15) is 49.5 Å². The number of carbonyl (C=O) groups is 2. The zero-order chi connectivity index (χ0) is 30.2. The van der Waals surface area contributed by atoms with E-state index in [0.717, 1.165) is 16.5 Å². The predicted molar refractivity (Wildman–Crippen MR) is 157 cm³/mol. The molecule has 216 valence electrons. The number of fused-ring (bicyclic) bond motifs is 1. The van der Waals surface area contributed by atoms with E-state index in [1.807, 2.05) is 57.0 Å². The minimum absolute atomic E-state index is 0.0781. The number of primary amides is 1. The summed E-state index contributed by atoms with van der Waals surface area (Å²) < 4.78 is 21.9. The summed E-state index contributed by atoms with van der Waals surface area (Å²) in [6.07, 6.45) is 2.46. The molecule has 10 nitrogen and oxygen atoms in total. The number of hydrogen-bond donors (Lipinski definition) is 2. The molecule has 2 aromatic heterocycles. The van der Waals surface area contributed by atoms with E-state index in [-0.39, 0.29) is 17.2 Å². The van der Waals surface area contributed by atoms with Gasteiger partial charge in [0.25, 0.3) is 5.91 Å². The maximum absolute atomic E-state index is 14.8. The molecule has 0 spiro atoms. The Kier molecular flexibility index (Phi) is 7.56. The zero-order valence-electron chi connectivity index (χ0n) is 23.9. The molecule has 0 unspecified atom stereocenters. The van der Waals surface area contributed by atoms with Crippen molar-refractivity contribution in [3.05, 3.63) is 65.6 Å². The number of pyridine rings is 1. The molecule has 2 amide bonds. The number of nitrogens with two attached hydrogens (primary N) is 1. The van der Waals surface area contributed by atoms with E-state index in [9.17, 15) is 19.2 Å². The van der Waals surface area contributed by atoms with Gasteiger partial charge in [0.2, 0.25) is 0 Å². The number of benzene rings is 2. The number of aromatic nitrogens is 3. The first-order chi connectivity index (χ1) is 19.9. The van der Waals surface area contributed by atoms with Crippen molar-refractivity contribution in [2.24, 2.45) is 12.8 Å². The van der Waals surface area contributed by atoms with Crippen molar-refractivity contribution in [3.63, 3.8) is 0 Å². The van der Waals surface area contributed by atoms with E-state index < -0.39 is 23.4 Å². The van der Waals surface area contributed by atoms with Crippen molar-refractivity contribution in [2.45, 2.75) is 45.3 Å². The van der Waals surface area contributed by atoms with Crippen molar-refractivity contribution in [2.75, 3.05) is 18.0 Å². The SMILES string of the molecule is Cn1ncc2cc(-c3cc(C(N)=O)c(N4CCC(NC(=O)OC(C)(C)C)CC4)nc3-c3ccc(C#N)c(F)c3)ccc21. The third-order valence-electron chi connectivity index (χ3n) is 7.20. The molecule has 1 aliphatic rings. The Morgan fingerprint density at radius 2 is 1.83 bits per heavy atom. The van der Waals surface area contributed by atoms with Crippen LogP contribution >= 0.6 is 0 Å². The van der Waals surface area contributed by atoms with Crippen molar-refractivity contribution >= 4 is 28.7 Å². The number of nitrogens with one attached hydrogen (secondary N) is 1. The number of ether oxygens (including phenoxy) is 1. The second-order valence-corrected chi connectivity index (χ2v) is 11.4. The lowest BCUT2D eigenvalue weighted by Crippen LogP contribution is -2.46. The van der Waals surface area contributed by atoms with Gasteiger partial charge in [0, 0.05) is 42.7 Å².